The van der Waals surface area contributed by atoms with Gasteiger partial charge in [0.15, 0.2) is 0 Å². The molecule has 17 heavy (non-hydrogen) atoms. The highest BCUT2D eigenvalue weighted by molar-refractivity contribution is 5.78. The first-order valence-electron chi connectivity index (χ1n) is 6.23. The van der Waals surface area contributed by atoms with E-state index in [0.29, 0.717) is 12.5 Å². The van der Waals surface area contributed by atoms with E-state index in [1.165, 1.54) is 0 Å². The van der Waals surface area contributed by atoms with Gasteiger partial charge in [-0.15, -0.1) is 0 Å². The van der Waals surface area contributed by atoms with Crippen LogP contribution < -0.4 is 10.6 Å². The maximum atomic E-state index is 11.8. The lowest BCUT2D eigenvalue weighted by Gasteiger charge is -2.15. The number of pyridine rings is 1. The summed E-state index contributed by atoms with van der Waals surface area (Å²) in [5.74, 6) is 0.102. The molecule has 4 heteroatoms. The molecule has 0 saturated carbocycles. The minimum absolute atomic E-state index is 0.102. The Labute approximate surface area is 102 Å². The second-order valence-corrected chi connectivity index (χ2v) is 4.48. The first kappa shape index (κ1) is 12.0. The van der Waals surface area contributed by atoms with Crippen molar-refractivity contribution in [1.29, 1.82) is 0 Å². The monoisotopic (exact) mass is 233 g/mol. The molecule has 0 aliphatic carbocycles. The van der Waals surface area contributed by atoms with Crippen LogP contribution in [0.2, 0.25) is 0 Å². The van der Waals surface area contributed by atoms with E-state index in [1.54, 1.807) is 12.4 Å². The number of carbonyl (C=O) groups excluding carboxylic acids is 1. The SMILES string of the molecule is O=C(Cc1cccnc1)NC1CCCNCC1. The third-order valence-corrected chi connectivity index (χ3v) is 3.03. The standard InChI is InChI=1S/C13H19N3O/c17-13(9-11-3-1-7-15-10-11)16-12-4-2-6-14-8-5-12/h1,3,7,10,12,14H,2,4-6,8-9H2,(H,16,17). The zero-order valence-corrected chi connectivity index (χ0v) is 9.98. The molecule has 1 amide bonds. The molecule has 1 aliphatic heterocycles. The Kier molecular flexibility index (Phi) is 4.50. The van der Waals surface area contributed by atoms with Crippen LogP contribution in [0.4, 0.5) is 0 Å². The molecule has 1 atom stereocenters. The van der Waals surface area contributed by atoms with Crippen molar-refractivity contribution in [2.45, 2.75) is 31.7 Å². The highest BCUT2D eigenvalue weighted by Crippen LogP contribution is 2.05. The normalized spacial score (nSPS) is 20.6. The molecule has 1 fully saturated rings. The van der Waals surface area contributed by atoms with Gasteiger partial charge in [0.2, 0.25) is 5.91 Å². The highest BCUT2D eigenvalue weighted by atomic mass is 16.1. The van der Waals surface area contributed by atoms with Crippen molar-refractivity contribution in [3.8, 4) is 0 Å². The Morgan fingerprint density at radius 3 is 3.24 bits per heavy atom. The maximum Gasteiger partial charge on any atom is 0.224 e. The fraction of sp³-hybridized carbons (Fsp3) is 0.538. The van der Waals surface area contributed by atoms with Crippen LogP contribution in [-0.4, -0.2) is 30.0 Å². The van der Waals surface area contributed by atoms with Gasteiger partial charge in [0.05, 0.1) is 6.42 Å². The zero-order valence-electron chi connectivity index (χ0n) is 9.98. The van der Waals surface area contributed by atoms with Crippen LogP contribution in [0.5, 0.6) is 0 Å². The van der Waals surface area contributed by atoms with Gasteiger partial charge in [-0.3, -0.25) is 9.78 Å². The molecule has 92 valence electrons. The average molecular weight is 233 g/mol. The first-order chi connectivity index (χ1) is 8.34. The van der Waals surface area contributed by atoms with Crippen LogP contribution in [0.25, 0.3) is 0 Å². The van der Waals surface area contributed by atoms with Gasteiger partial charge >= 0.3 is 0 Å². The van der Waals surface area contributed by atoms with E-state index in [0.717, 1.165) is 37.9 Å². The van der Waals surface area contributed by atoms with Gasteiger partial charge in [-0.1, -0.05) is 6.07 Å². The molecule has 1 saturated heterocycles. The summed E-state index contributed by atoms with van der Waals surface area (Å²) >= 11 is 0. The minimum atomic E-state index is 0.102. The zero-order chi connectivity index (χ0) is 11.9. The highest BCUT2D eigenvalue weighted by Gasteiger charge is 2.14. The summed E-state index contributed by atoms with van der Waals surface area (Å²) in [6.07, 6.45) is 7.13. The quantitative estimate of drug-likeness (QED) is 0.815. The lowest BCUT2D eigenvalue weighted by Crippen LogP contribution is -2.36. The molecule has 2 N–H and O–H groups in total. The second kappa shape index (κ2) is 6.35. The Morgan fingerprint density at radius 2 is 2.41 bits per heavy atom. The Morgan fingerprint density at radius 1 is 1.47 bits per heavy atom. The van der Waals surface area contributed by atoms with Gasteiger partial charge in [0.25, 0.3) is 0 Å². The van der Waals surface area contributed by atoms with E-state index >= 15 is 0 Å². The number of hydrogen-bond donors (Lipinski definition) is 2. The third kappa shape index (κ3) is 4.15. The average Bonchev–Trinajstić information content (AvgIpc) is 2.59. The number of carbonyl (C=O) groups is 1. The molecule has 0 radical (unpaired) electrons. The summed E-state index contributed by atoms with van der Waals surface area (Å²) in [7, 11) is 0. The fourth-order valence-electron chi connectivity index (χ4n) is 2.13. The van der Waals surface area contributed by atoms with E-state index in [-0.39, 0.29) is 5.91 Å². The van der Waals surface area contributed by atoms with Crippen LogP contribution in [0.1, 0.15) is 24.8 Å². The molecule has 4 nitrogen and oxygen atoms in total. The Balaban J connectivity index is 1.80. The smallest absolute Gasteiger partial charge is 0.224 e. The minimum Gasteiger partial charge on any atom is -0.353 e. The molecule has 0 aromatic carbocycles. The fourth-order valence-corrected chi connectivity index (χ4v) is 2.13. The van der Waals surface area contributed by atoms with Crippen molar-refractivity contribution in [2.24, 2.45) is 0 Å². The number of nitrogens with zero attached hydrogens (tertiary/aromatic N) is 1. The Bertz CT molecular complexity index is 345. The van der Waals surface area contributed by atoms with Gasteiger partial charge in [-0.25, -0.2) is 0 Å². The predicted octanol–water partition coefficient (Wildman–Crippen LogP) is 0.882. The molecule has 2 rings (SSSR count). The van der Waals surface area contributed by atoms with Crippen LogP contribution in [-0.2, 0) is 11.2 Å². The van der Waals surface area contributed by atoms with Gasteiger partial charge in [0, 0.05) is 18.4 Å². The van der Waals surface area contributed by atoms with E-state index in [9.17, 15) is 4.79 Å². The van der Waals surface area contributed by atoms with E-state index < -0.39 is 0 Å². The number of rotatable bonds is 3. The maximum absolute atomic E-state index is 11.8. The summed E-state index contributed by atoms with van der Waals surface area (Å²) in [6, 6.07) is 4.12. The lowest BCUT2D eigenvalue weighted by molar-refractivity contribution is -0.121. The van der Waals surface area contributed by atoms with Crippen molar-refractivity contribution in [3.63, 3.8) is 0 Å². The topological polar surface area (TPSA) is 54.0 Å². The Hall–Kier alpha value is -1.42. The van der Waals surface area contributed by atoms with Crippen LogP contribution in [0, 0.1) is 0 Å². The van der Waals surface area contributed by atoms with Crippen LogP contribution in [0.15, 0.2) is 24.5 Å². The molecule has 0 spiro atoms. The van der Waals surface area contributed by atoms with Crippen LogP contribution >= 0.6 is 0 Å². The van der Waals surface area contributed by atoms with Gasteiger partial charge < -0.3 is 10.6 Å². The molecule has 2 heterocycles. The van der Waals surface area contributed by atoms with E-state index in [1.807, 2.05) is 12.1 Å². The second-order valence-electron chi connectivity index (χ2n) is 4.48. The number of hydrogen-bond acceptors (Lipinski definition) is 3. The van der Waals surface area contributed by atoms with Crippen LogP contribution in [0.3, 0.4) is 0 Å². The first-order valence-corrected chi connectivity index (χ1v) is 6.23. The molecular formula is C13H19N3O. The molecular weight excluding hydrogens is 214 g/mol. The summed E-state index contributed by atoms with van der Waals surface area (Å²) in [4.78, 5) is 15.8. The molecule has 1 aliphatic rings. The largest absolute Gasteiger partial charge is 0.353 e. The van der Waals surface area contributed by atoms with Crippen molar-refractivity contribution >= 4 is 5.91 Å². The lowest BCUT2D eigenvalue weighted by atomic mass is 10.1. The van der Waals surface area contributed by atoms with Gasteiger partial charge in [-0.2, -0.15) is 0 Å². The molecule has 0 bridgehead atoms. The number of amides is 1. The summed E-state index contributed by atoms with van der Waals surface area (Å²) < 4.78 is 0. The van der Waals surface area contributed by atoms with Gasteiger partial charge in [0.1, 0.15) is 0 Å². The van der Waals surface area contributed by atoms with Crippen molar-refractivity contribution in [2.75, 3.05) is 13.1 Å². The molecule has 1 aromatic heterocycles. The molecule has 1 aromatic rings. The van der Waals surface area contributed by atoms with E-state index in [2.05, 4.69) is 15.6 Å². The number of nitrogens with one attached hydrogen (secondary N) is 2. The van der Waals surface area contributed by atoms with E-state index in [4.69, 9.17) is 0 Å². The van der Waals surface area contributed by atoms with Crippen molar-refractivity contribution in [3.05, 3.63) is 30.1 Å². The van der Waals surface area contributed by atoms with Crippen molar-refractivity contribution < 1.29 is 4.79 Å². The predicted molar refractivity (Wildman–Crippen MR) is 66.6 cm³/mol. The summed E-state index contributed by atoms with van der Waals surface area (Å²) in [5.41, 5.74) is 0.969. The molecule has 1 unspecified atom stereocenters. The van der Waals surface area contributed by atoms with Gasteiger partial charge in [-0.05, 0) is 44.0 Å². The summed E-state index contributed by atoms with van der Waals surface area (Å²) in [6.45, 7) is 2.06. The number of aromatic nitrogens is 1. The summed E-state index contributed by atoms with van der Waals surface area (Å²) in [5, 5.41) is 6.44. The third-order valence-electron chi connectivity index (χ3n) is 3.03. The van der Waals surface area contributed by atoms with Crippen molar-refractivity contribution in [1.82, 2.24) is 15.6 Å².